The summed E-state index contributed by atoms with van der Waals surface area (Å²) in [6.07, 6.45) is 3.32. The largest absolute Gasteiger partial charge is 0.497 e. The monoisotopic (exact) mass is 303 g/mol. The molecule has 1 heterocycles. The highest BCUT2D eigenvalue weighted by Crippen LogP contribution is 2.33. The van der Waals surface area contributed by atoms with E-state index >= 15 is 0 Å². The highest BCUT2D eigenvalue weighted by Gasteiger charge is 2.37. The Morgan fingerprint density at radius 1 is 1.45 bits per heavy atom. The Kier molecular flexibility index (Phi) is 3.75. The summed E-state index contributed by atoms with van der Waals surface area (Å²) in [7, 11) is 1.57. The van der Waals surface area contributed by atoms with Gasteiger partial charge in [-0.2, -0.15) is 0 Å². The fourth-order valence-corrected chi connectivity index (χ4v) is 2.54. The summed E-state index contributed by atoms with van der Waals surface area (Å²) in [5.74, 6) is -0.542. The fourth-order valence-electron chi connectivity index (χ4n) is 2.54. The summed E-state index contributed by atoms with van der Waals surface area (Å²) < 4.78 is 10.5. The number of carbonyl (C=O) groups excluding carboxylic acids is 1. The van der Waals surface area contributed by atoms with Gasteiger partial charge in [-0.25, -0.2) is 4.79 Å². The lowest BCUT2D eigenvalue weighted by Gasteiger charge is -2.13. The number of aliphatic carboxylic acids is 1. The summed E-state index contributed by atoms with van der Waals surface area (Å²) in [6.45, 7) is 0. The maximum Gasteiger partial charge on any atom is 0.326 e. The fraction of sp³-hybridized carbons (Fsp3) is 0.375. The van der Waals surface area contributed by atoms with E-state index in [-0.39, 0.29) is 18.2 Å². The maximum absolute atomic E-state index is 12.1. The first-order valence-corrected chi connectivity index (χ1v) is 7.15. The minimum atomic E-state index is -0.974. The third kappa shape index (κ3) is 2.90. The van der Waals surface area contributed by atoms with Gasteiger partial charge in [0, 0.05) is 17.0 Å². The number of methoxy groups -OCH3 is 1. The number of benzene rings is 1. The molecule has 1 unspecified atom stereocenters. The highest BCUT2D eigenvalue weighted by atomic mass is 16.5. The average molecular weight is 303 g/mol. The lowest BCUT2D eigenvalue weighted by Crippen LogP contribution is -2.43. The van der Waals surface area contributed by atoms with E-state index in [0.717, 1.165) is 23.8 Å². The third-order valence-electron chi connectivity index (χ3n) is 3.89. The number of nitrogens with one attached hydrogen (secondary N) is 1. The van der Waals surface area contributed by atoms with Crippen LogP contribution in [0.15, 0.2) is 28.9 Å². The minimum Gasteiger partial charge on any atom is -0.497 e. The zero-order chi connectivity index (χ0) is 15.7. The van der Waals surface area contributed by atoms with E-state index in [1.54, 1.807) is 19.2 Å². The van der Waals surface area contributed by atoms with Crippen molar-refractivity contribution in [2.45, 2.75) is 25.3 Å². The first-order chi connectivity index (χ1) is 10.6. The molecule has 22 heavy (non-hydrogen) atoms. The zero-order valence-electron chi connectivity index (χ0n) is 12.2. The van der Waals surface area contributed by atoms with Crippen LogP contribution in [0.2, 0.25) is 0 Å². The van der Waals surface area contributed by atoms with Crippen LogP contribution in [0.3, 0.4) is 0 Å². The van der Waals surface area contributed by atoms with Crippen molar-refractivity contribution in [2.24, 2.45) is 5.92 Å². The molecule has 1 aromatic heterocycles. The lowest BCUT2D eigenvalue weighted by molar-refractivity contribution is -0.142. The van der Waals surface area contributed by atoms with Crippen LogP contribution >= 0.6 is 0 Å². The number of furan rings is 1. The van der Waals surface area contributed by atoms with Gasteiger partial charge in [0.2, 0.25) is 5.91 Å². The molecule has 2 aromatic rings. The van der Waals surface area contributed by atoms with Crippen molar-refractivity contribution in [1.82, 2.24) is 5.32 Å². The second-order valence-corrected chi connectivity index (χ2v) is 5.52. The van der Waals surface area contributed by atoms with Gasteiger partial charge in [0.1, 0.15) is 17.4 Å². The standard InChI is InChI=1S/C16H17NO5/c1-21-11-4-5-12-10(8-22-13(12)7-11)6-14(18)17-15(16(19)20)9-2-3-9/h4-5,7-9,15H,2-3,6H2,1H3,(H,17,18)(H,19,20). The summed E-state index contributed by atoms with van der Waals surface area (Å²) in [5.41, 5.74) is 1.37. The predicted molar refractivity (Wildman–Crippen MR) is 78.8 cm³/mol. The second kappa shape index (κ2) is 5.71. The number of carboxylic acid groups (broad SMARTS) is 1. The Morgan fingerprint density at radius 3 is 2.86 bits per heavy atom. The average Bonchev–Trinajstić information content (AvgIpc) is 3.26. The van der Waals surface area contributed by atoms with Gasteiger partial charge >= 0.3 is 5.97 Å². The first kappa shape index (κ1) is 14.4. The van der Waals surface area contributed by atoms with Gasteiger partial charge in [-0.3, -0.25) is 4.79 Å². The van der Waals surface area contributed by atoms with E-state index in [9.17, 15) is 9.59 Å². The number of carbonyl (C=O) groups is 2. The minimum absolute atomic E-state index is 0.0619. The molecule has 1 saturated carbocycles. The summed E-state index contributed by atoms with van der Waals surface area (Å²) in [4.78, 5) is 23.2. The van der Waals surface area contributed by atoms with Gasteiger partial charge < -0.3 is 19.6 Å². The smallest absolute Gasteiger partial charge is 0.326 e. The van der Waals surface area contributed by atoms with Crippen LogP contribution in [0.5, 0.6) is 5.75 Å². The SMILES string of the molecule is COc1ccc2c(CC(=O)NC(C(=O)O)C3CC3)coc2c1. The molecular weight excluding hydrogens is 286 g/mol. The quantitative estimate of drug-likeness (QED) is 0.851. The molecule has 0 bridgehead atoms. The Hall–Kier alpha value is -2.50. The molecule has 0 aliphatic heterocycles. The van der Waals surface area contributed by atoms with Crippen molar-refractivity contribution in [1.29, 1.82) is 0 Å². The highest BCUT2D eigenvalue weighted by molar-refractivity contribution is 5.90. The van der Waals surface area contributed by atoms with Crippen LogP contribution in [0.1, 0.15) is 18.4 Å². The number of hydrogen-bond donors (Lipinski definition) is 2. The van der Waals surface area contributed by atoms with Crippen LogP contribution in [0.25, 0.3) is 11.0 Å². The number of ether oxygens (including phenoxy) is 1. The molecular formula is C16H17NO5. The number of fused-ring (bicyclic) bond motifs is 1. The van der Waals surface area contributed by atoms with Crippen LogP contribution in [0.4, 0.5) is 0 Å². The normalized spacial score (nSPS) is 15.5. The Labute approximate surface area is 127 Å². The van der Waals surface area contributed by atoms with Crippen LogP contribution in [-0.2, 0) is 16.0 Å². The summed E-state index contributed by atoms with van der Waals surface area (Å²) in [5, 5.41) is 12.6. The van der Waals surface area contributed by atoms with E-state index in [0.29, 0.717) is 11.3 Å². The van der Waals surface area contributed by atoms with Gasteiger partial charge in [-0.1, -0.05) is 0 Å². The molecule has 1 aliphatic carbocycles. The molecule has 6 heteroatoms. The molecule has 1 fully saturated rings. The molecule has 1 aliphatic rings. The predicted octanol–water partition coefficient (Wildman–Crippen LogP) is 1.96. The van der Waals surface area contributed by atoms with E-state index in [4.69, 9.17) is 14.3 Å². The van der Waals surface area contributed by atoms with E-state index < -0.39 is 12.0 Å². The molecule has 3 rings (SSSR count). The lowest BCUT2D eigenvalue weighted by atomic mass is 10.1. The Bertz CT molecular complexity index is 716. The van der Waals surface area contributed by atoms with Gasteiger partial charge in [0.15, 0.2) is 0 Å². The summed E-state index contributed by atoms with van der Waals surface area (Å²) in [6, 6.07) is 4.59. The van der Waals surface area contributed by atoms with Crippen molar-refractivity contribution in [3.63, 3.8) is 0 Å². The van der Waals surface area contributed by atoms with Gasteiger partial charge in [-0.05, 0) is 30.9 Å². The number of carboxylic acids is 1. The zero-order valence-corrected chi connectivity index (χ0v) is 12.2. The van der Waals surface area contributed by atoms with Crippen molar-refractivity contribution in [3.05, 3.63) is 30.0 Å². The topological polar surface area (TPSA) is 88.8 Å². The molecule has 0 radical (unpaired) electrons. The molecule has 6 nitrogen and oxygen atoms in total. The summed E-state index contributed by atoms with van der Waals surface area (Å²) >= 11 is 0. The van der Waals surface area contributed by atoms with Gasteiger partial charge in [0.05, 0.1) is 19.8 Å². The van der Waals surface area contributed by atoms with Crippen LogP contribution < -0.4 is 10.1 Å². The molecule has 116 valence electrons. The first-order valence-electron chi connectivity index (χ1n) is 7.15. The van der Waals surface area contributed by atoms with Crippen LogP contribution in [-0.4, -0.2) is 30.1 Å². The number of amides is 1. The van der Waals surface area contributed by atoms with E-state index in [1.165, 1.54) is 6.26 Å². The Balaban J connectivity index is 1.72. The molecule has 2 N–H and O–H groups in total. The molecule has 1 atom stereocenters. The van der Waals surface area contributed by atoms with Gasteiger partial charge in [0.25, 0.3) is 0 Å². The maximum atomic E-state index is 12.1. The molecule has 1 aromatic carbocycles. The van der Waals surface area contributed by atoms with E-state index in [1.807, 2.05) is 6.07 Å². The van der Waals surface area contributed by atoms with Crippen molar-refractivity contribution < 1.29 is 23.8 Å². The van der Waals surface area contributed by atoms with Crippen LogP contribution in [0, 0.1) is 5.92 Å². The van der Waals surface area contributed by atoms with Gasteiger partial charge in [-0.15, -0.1) is 0 Å². The molecule has 0 saturated heterocycles. The molecule has 0 spiro atoms. The van der Waals surface area contributed by atoms with Crippen molar-refractivity contribution in [3.8, 4) is 5.75 Å². The number of rotatable bonds is 6. The van der Waals surface area contributed by atoms with E-state index in [2.05, 4.69) is 5.32 Å². The number of hydrogen-bond acceptors (Lipinski definition) is 4. The van der Waals surface area contributed by atoms with Crippen molar-refractivity contribution >= 4 is 22.8 Å². The molecule has 1 amide bonds. The Morgan fingerprint density at radius 2 is 2.23 bits per heavy atom. The van der Waals surface area contributed by atoms with Crippen molar-refractivity contribution in [2.75, 3.05) is 7.11 Å². The third-order valence-corrected chi connectivity index (χ3v) is 3.89. The second-order valence-electron chi connectivity index (χ2n) is 5.52.